The molecule has 2 aliphatic heterocycles. The fourth-order valence-electron chi connectivity index (χ4n) is 5.81. The summed E-state index contributed by atoms with van der Waals surface area (Å²) in [6, 6.07) is 12.8. The van der Waals surface area contributed by atoms with Crippen LogP contribution in [0.25, 0.3) is 0 Å². The molecule has 0 atom stereocenters. The van der Waals surface area contributed by atoms with Crippen LogP contribution in [0.4, 0.5) is 5.82 Å². The highest BCUT2D eigenvalue weighted by atomic mass is 35.5. The topological polar surface area (TPSA) is 75.5 Å². The highest BCUT2D eigenvalue weighted by Crippen LogP contribution is 2.27. The number of amides is 1. The number of piperazine rings is 1. The van der Waals surface area contributed by atoms with Gasteiger partial charge in [-0.2, -0.15) is 5.26 Å². The highest BCUT2D eigenvalue weighted by molar-refractivity contribution is 6.33. The summed E-state index contributed by atoms with van der Waals surface area (Å²) in [5, 5.41) is 12.6. The number of piperidine rings is 1. The van der Waals surface area contributed by atoms with E-state index in [1.165, 1.54) is 31.2 Å². The standard InChI is InChI=1S/C28H35ClN6O/c29-26-17-23(28(36)32-24-3-1-2-4-24)19-31-27(26)35-15-13-34(14-16-35)25-9-11-33(12-10-25)20-22-7-5-21(18-30)6-8-22/h5-8,17,19,24-25H,1-4,9-16,20H2,(H,32,36). The number of nitrogens with zero attached hydrogens (tertiary/aromatic N) is 5. The van der Waals surface area contributed by atoms with E-state index in [0.717, 1.165) is 64.5 Å². The number of hydrogen-bond acceptors (Lipinski definition) is 6. The lowest BCUT2D eigenvalue weighted by molar-refractivity contribution is 0.0937. The number of likely N-dealkylation sites (tertiary alicyclic amines) is 1. The third kappa shape index (κ3) is 6.00. The van der Waals surface area contributed by atoms with Crippen molar-refractivity contribution in [3.05, 3.63) is 58.2 Å². The van der Waals surface area contributed by atoms with Crippen molar-refractivity contribution in [3.8, 4) is 6.07 Å². The van der Waals surface area contributed by atoms with Gasteiger partial charge in [0.05, 0.1) is 22.2 Å². The molecule has 3 aliphatic rings. The molecule has 1 aliphatic carbocycles. The second kappa shape index (κ2) is 11.6. The maximum atomic E-state index is 12.6. The minimum atomic E-state index is -0.0711. The van der Waals surface area contributed by atoms with Crippen molar-refractivity contribution in [1.82, 2.24) is 20.1 Å². The Morgan fingerprint density at radius 1 is 1.03 bits per heavy atom. The van der Waals surface area contributed by atoms with Crippen LogP contribution in [0, 0.1) is 11.3 Å². The summed E-state index contributed by atoms with van der Waals surface area (Å²) >= 11 is 6.59. The van der Waals surface area contributed by atoms with Crippen LogP contribution in [0.15, 0.2) is 36.5 Å². The number of carbonyl (C=O) groups excluding carboxylic acids is 1. The molecule has 0 unspecified atom stereocenters. The van der Waals surface area contributed by atoms with Crippen LogP contribution in [-0.2, 0) is 6.54 Å². The first-order chi connectivity index (χ1) is 17.6. The van der Waals surface area contributed by atoms with Crippen LogP contribution in [-0.4, -0.2) is 72.0 Å². The largest absolute Gasteiger partial charge is 0.353 e. The second-order valence-electron chi connectivity index (χ2n) is 10.3. The molecule has 1 aromatic heterocycles. The molecule has 7 nitrogen and oxygen atoms in total. The fourth-order valence-corrected chi connectivity index (χ4v) is 6.10. The van der Waals surface area contributed by atoms with E-state index >= 15 is 0 Å². The molecule has 190 valence electrons. The predicted octanol–water partition coefficient (Wildman–Crippen LogP) is 4.07. The first kappa shape index (κ1) is 25.0. The molecule has 1 aromatic carbocycles. The van der Waals surface area contributed by atoms with Crippen molar-refractivity contribution in [2.24, 2.45) is 0 Å². The van der Waals surface area contributed by atoms with Gasteiger partial charge in [-0.1, -0.05) is 36.6 Å². The smallest absolute Gasteiger partial charge is 0.253 e. The van der Waals surface area contributed by atoms with E-state index in [0.29, 0.717) is 22.2 Å². The van der Waals surface area contributed by atoms with Crippen molar-refractivity contribution < 1.29 is 4.79 Å². The molecule has 3 heterocycles. The molecule has 1 amide bonds. The fraction of sp³-hybridized carbons (Fsp3) is 0.536. The van der Waals surface area contributed by atoms with Gasteiger partial charge in [-0.3, -0.25) is 14.6 Å². The van der Waals surface area contributed by atoms with Gasteiger partial charge >= 0.3 is 0 Å². The summed E-state index contributed by atoms with van der Waals surface area (Å²) < 4.78 is 0. The molecule has 0 spiro atoms. The summed E-state index contributed by atoms with van der Waals surface area (Å²) in [4.78, 5) is 24.5. The van der Waals surface area contributed by atoms with E-state index in [1.54, 1.807) is 12.3 Å². The molecule has 5 rings (SSSR count). The van der Waals surface area contributed by atoms with Crippen LogP contribution in [0.2, 0.25) is 5.02 Å². The van der Waals surface area contributed by atoms with E-state index in [4.69, 9.17) is 16.9 Å². The molecule has 3 fully saturated rings. The number of nitriles is 1. The summed E-state index contributed by atoms with van der Waals surface area (Å²) in [6.07, 6.45) is 8.53. The lowest BCUT2D eigenvalue weighted by Crippen LogP contribution is -2.53. The van der Waals surface area contributed by atoms with Crippen molar-refractivity contribution in [1.29, 1.82) is 5.26 Å². The van der Waals surface area contributed by atoms with Gasteiger partial charge < -0.3 is 10.2 Å². The summed E-state index contributed by atoms with van der Waals surface area (Å²) in [7, 11) is 0. The maximum Gasteiger partial charge on any atom is 0.253 e. The van der Waals surface area contributed by atoms with Gasteiger partial charge in [-0.05, 0) is 62.5 Å². The zero-order chi connectivity index (χ0) is 24.9. The van der Waals surface area contributed by atoms with Gasteiger partial charge in [-0.25, -0.2) is 4.98 Å². The number of benzene rings is 1. The van der Waals surface area contributed by atoms with Gasteiger partial charge in [0.25, 0.3) is 5.91 Å². The number of halogens is 1. The van der Waals surface area contributed by atoms with Crippen LogP contribution in [0.1, 0.15) is 60.0 Å². The second-order valence-corrected chi connectivity index (χ2v) is 10.7. The Balaban J connectivity index is 1.08. The zero-order valence-electron chi connectivity index (χ0n) is 20.8. The van der Waals surface area contributed by atoms with Crippen molar-refractivity contribution in [2.75, 3.05) is 44.2 Å². The van der Waals surface area contributed by atoms with E-state index in [2.05, 4.69) is 43.2 Å². The molecule has 0 bridgehead atoms. The minimum absolute atomic E-state index is 0.0711. The summed E-state index contributed by atoms with van der Waals surface area (Å²) in [5.74, 6) is 0.712. The van der Waals surface area contributed by atoms with Crippen LogP contribution < -0.4 is 10.2 Å². The number of hydrogen-bond donors (Lipinski definition) is 1. The third-order valence-corrected chi connectivity index (χ3v) is 8.23. The lowest BCUT2D eigenvalue weighted by Gasteiger charge is -2.43. The predicted molar refractivity (Wildman–Crippen MR) is 142 cm³/mol. The van der Waals surface area contributed by atoms with Gasteiger partial charge in [0.2, 0.25) is 0 Å². The molecule has 1 N–H and O–H groups in total. The number of rotatable bonds is 6. The quantitative estimate of drug-likeness (QED) is 0.636. The van der Waals surface area contributed by atoms with E-state index < -0.39 is 0 Å². The normalized spacial score (nSPS) is 20.4. The summed E-state index contributed by atoms with van der Waals surface area (Å²) in [6.45, 7) is 6.94. The average molecular weight is 507 g/mol. The van der Waals surface area contributed by atoms with E-state index in [-0.39, 0.29) is 11.9 Å². The summed E-state index contributed by atoms with van der Waals surface area (Å²) in [5.41, 5.74) is 2.53. The van der Waals surface area contributed by atoms with E-state index in [1.807, 2.05) is 12.1 Å². The molecule has 8 heteroatoms. The molecule has 36 heavy (non-hydrogen) atoms. The van der Waals surface area contributed by atoms with E-state index in [9.17, 15) is 4.79 Å². The lowest BCUT2D eigenvalue weighted by atomic mass is 10.0. The number of anilines is 1. The highest BCUT2D eigenvalue weighted by Gasteiger charge is 2.29. The third-order valence-electron chi connectivity index (χ3n) is 7.95. The number of aromatic nitrogens is 1. The molecular weight excluding hydrogens is 472 g/mol. The van der Waals surface area contributed by atoms with Gasteiger partial charge in [0.15, 0.2) is 0 Å². The van der Waals surface area contributed by atoms with Crippen LogP contribution >= 0.6 is 11.6 Å². The van der Waals surface area contributed by atoms with Crippen molar-refractivity contribution >= 4 is 23.3 Å². The minimum Gasteiger partial charge on any atom is -0.353 e. The van der Waals surface area contributed by atoms with Crippen LogP contribution in [0.3, 0.4) is 0 Å². The molecule has 2 saturated heterocycles. The Hall–Kier alpha value is -2.66. The number of pyridine rings is 1. The molecular formula is C28H35ClN6O. The zero-order valence-corrected chi connectivity index (χ0v) is 21.6. The van der Waals surface area contributed by atoms with Crippen molar-refractivity contribution in [2.45, 2.75) is 57.2 Å². The average Bonchev–Trinajstić information content (AvgIpc) is 3.43. The van der Waals surface area contributed by atoms with Gasteiger partial charge in [-0.15, -0.1) is 0 Å². The maximum absolute atomic E-state index is 12.6. The molecule has 1 saturated carbocycles. The van der Waals surface area contributed by atoms with Gasteiger partial charge in [0, 0.05) is 51.0 Å². The SMILES string of the molecule is N#Cc1ccc(CN2CCC(N3CCN(c4ncc(C(=O)NC5CCCC5)cc4Cl)CC3)CC2)cc1. The molecule has 0 radical (unpaired) electrons. The Morgan fingerprint density at radius 2 is 1.72 bits per heavy atom. The van der Waals surface area contributed by atoms with Crippen LogP contribution in [0.5, 0.6) is 0 Å². The first-order valence-corrected chi connectivity index (χ1v) is 13.6. The monoisotopic (exact) mass is 506 g/mol. The Morgan fingerprint density at radius 3 is 2.36 bits per heavy atom. The number of nitrogens with one attached hydrogen (secondary N) is 1. The Labute approximate surface area is 219 Å². The van der Waals surface area contributed by atoms with Crippen molar-refractivity contribution in [3.63, 3.8) is 0 Å². The first-order valence-electron chi connectivity index (χ1n) is 13.3. The molecule has 2 aromatic rings. The Kier molecular flexibility index (Phi) is 8.05. The van der Waals surface area contributed by atoms with Gasteiger partial charge in [0.1, 0.15) is 5.82 Å². The Bertz CT molecular complexity index is 1080. The number of carbonyl (C=O) groups is 1.